The third-order valence-corrected chi connectivity index (χ3v) is 4.39. The molecule has 1 aliphatic carbocycles. The van der Waals surface area contributed by atoms with E-state index in [4.69, 9.17) is 5.73 Å². The number of aromatic amines is 1. The number of nitrogens with one attached hydrogen (secondary N) is 2. The van der Waals surface area contributed by atoms with Crippen molar-refractivity contribution < 1.29 is 9.90 Å². The highest BCUT2D eigenvalue weighted by atomic mass is 16.3. The number of aryl methyl sites for hydroxylation is 2. The zero-order valence-corrected chi connectivity index (χ0v) is 13.8. The van der Waals surface area contributed by atoms with Crippen LogP contribution in [-0.2, 0) is 18.3 Å². The minimum atomic E-state index is -0.439. The first-order chi connectivity index (χ1) is 11.9. The van der Waals surface area contributed by atoms with Crippen molar-refractivity contribution in [3.8, 4) is 0 Å². The Labute approximate surface area is 143 Å². The lowest BCUT2D eigenvalue weighted by Gasteiger charge is -2.37. The van der Waals surface area contributed by atoms with Gasteiger partial charge in [-0.25, -0.2) is 0 Å². The Balaban J connectivity index is 1.63. The van der Waals surface area contributed by atoms with Crippen molar-refractivity contribution in [2.45, 2.75) is 37.8 Å². The summed E-state index contributed by atoms with van der Waals surface area (Å²) >= 11 is 0. The Kier molecular flexibility index (Phi) is 4.79. The van der Waals surface area contributed by atoms with E-state index in [1.807, 2.05) is 13.2 Å². The lowest BCUT2D eigenvalue weighted by atomic mass is 9.75. The van der Waals surface area contributed by atoms with E-state index in [0.717, 1.165) is 5.56 Å². The van der Waals surface area contributed by atoms with E-state index in [9.17, 15) is 14.7 Å². The minimum absolute atomic E-state index is 0.0571. The minimum Gasteiger partial charge on any atom is -0.393 e. The van der Waals surface area contributed by atoms with Crippen molar-refractivity contribution in [1.29, 1.82) is 0 Å². The number of anilines is 1. The van der Waals surface area contributed by atoms with Crippen LogP contribution in [0.25, 0.3) is 0 Å². The molecule has 5 N–H and O–H groups in total. The third-order valence-electron chi connectivity index (χ3n) is 4.39. The highest BCUT2D eigenvalue weighted by Gasteiger charge is 2.36. The van der Waals surface area contributed by atoms with Gasteiger partial charge in [0, 0.05) is 31.6 Å². The lowest BCUT2D eigenvalue weighted by molar-refractivity contribution is -0.123. The fraction of sp³-hybridized carbons (Fsp3) is 0.533. The number of nitrogen functional groups attached to an aromatic ring is 1. The topological polar surface area (TPSA) is 152 Å². The van der Waals surface area contributed by atoms with E-state index in [1.165, 1.54) is 0 Å². The predicted octanol–water partition coefficient (Wildman–Crippen LogP) is -0.958. The molecule has 0 spiro atoms. The molecule has 0 unspecified atom stereocenters. The third kappa shape index (κ3) is 4.02. The van der Waals surface area contributed by atoms with Crippen LogP contribution in [0, 0.1) is 5.92 Å². The van der Waals surface area contributed by atoms with Gasteiger partial charge in [0.25, 0.3) is 5.56 Å². The Morgan fingerprint density at radius 3 is 2.88 bits per heavy atom. The summed E-state index contributed by atoms with van der Waals surface area (Å²) in [5.41, 5.74) is 5.98. The van der Waals surface area contributed by atoms with Gasteiger partial charge >= 0.3 is 0 Å². The Hall–Kier alpha value is -2.75. The van der Waals surface area contributed by atoms with Crippen molar-refractivity contribution in [1.82, 2.24) is 30.3 Å². The average Bonchev–Trinajstić information content (AvgIpc) is 2.95. The van der Waals surface area contributed by atoms with E-state index in [2.05, 4.69) is 25.6 Å². The van der Waals surface area contributed by atoms with Gasteiger partial charge in [0.2, 0.25) is 11.9 Å². The monoisotopic (exact) mass is 347 g/mol. The van der Waals surface area contributed by atoms with Gasteiger partial charge < -0.3 is 16.2 Å². The van der Waals surface area contributed by atoms with E-state index in [-0.39, 0.29) is 48.5 Å². The molecular weight excluding hydrogens is 326 g/mol. The second-order valence-electron chi connectivity index (χ2n) is 6.36. The fourth-order valence-corrected chi connectivity index (χ4v) is 2.99. The number of hydrogen-bond acceptors (Lipinski definition) is 7. The Morgan fingerprint density at radius 2 is 2.28 bits per heavy atom. The van der Waals surface area contributed by atoms with Crippen molar-refractivity contribution in [2.24, 2.45) is 13.0 Å². The summed E-state index contributed by atoms with van der Waals surface area (Å²) in [5, 5.41) is 24.0. The predicted molar refractivity (Wildman–Crippen MR) is 88.2 cm³/mol. The number of amides is 1. The van der Waals surface area contributed by atoms with E-state index in [0.29, 0.717) is 12.8 Å². The summed E-state index contributed by atoms with van der Waals surface area (Å²) in [6, 6.07) is -0.208. The number of rotatable bonds is 6. The van der Waals surface area contributed by atoms with Crippen molar-refractivity contribution in [3.63, 3.8) is 0 Å². The molecule has 3 rings (SSSR count). The molecule has 1 aliphatic rings. The number of nitrogens with two attached hydrogens (primary N) is 1. The van der Waals surface area contributed by atoms with Gasteiger partial charge in [-0.15, -0.1) is 10.2 Å². The molecule has 2 heterocycles. The Morgan fingerprint density at radius 1 is 1.52 bits per heavy atom. The Bertz CT molecular complexity index is 809. The molecule has 0 saturated heterocycles. The summed E-state index contributed by atoms with van der Waals surface area (Å²) in [4.78, 5) is 26.4. The molecule has 10 nitrogen and oxygen atoms in total. The first-order valence-corrected chi connectivity index (χ1v) is 8.09. The zero-order valence-electron chi connectivity index (χ0n) is 13.8. The second-order valence-corrected chi connectivity index (χ2v) is 6.36. The highest BCUT2D eigenvalue weighted by Crippen LogP contribution is 2.37. The summed E-state index contributed by atoms with van der Waals surface area (Å²) in [7, 11) is 1.81. The van der Waals surface area contributed by atoms with Gasteiger partial charge in [0.1, 0.15) is 5.69 Å². The van der Waals surface area contributed by atoms with Gasteiger partial charge in [-0.3, -0.25) is 19.3 Å². The van der Waals surface area contributed by atoms with Gasteiger partial charge in [0.15, 0.2) is 0 Å². The number of H-pyrrole nitrogens is 1. The van der Waals surface area contributed by atoms with E-state index in [1.54, 1.807) is 10.9 Å². The molecule has 1 atom stereocenters. The fourth-order valence-electron chi connectivity index (χ4n) is 2.99. The average molecular weight is 347 g/mol. The smallest absolute Gasteiger partial charge is 0.274 e. The van der Waals surface area contributed by atoms with Gasteiger partial charge in [-0.2, -0.15) is 5.10 Å². The van der Waals surface area contributed by atoms with E-state index < -0.39 is 5.56 Å². The van der Waals surface area contributed by atoms with Crippen LogP contribution >= 0.6 is 0 Å². The van der Waals surface area contributed by atoms with Crippen LogP contribution in [0.4, 0.5) is 5.95 Å². The maximum atomic E-state index is 12.3. The molecule has 10 heteroatoms. The van der Waals surface area contributed by atoms with Crippen LogP contribution < -0.4 is 16.6 Å². The molecule has 0 aliphatic heterocycles. The molecule has 2 aromatic heterocycles. The van der Waals surface area contributed by atoms with Gasteiger partial charge in [0.05, 0.1) is 18.3 Å². The molecule has 0 radical (unpaired) electrons. The zero-order chi connectivity index (χ0) is 18.0. The number of aliphatic hydroxyl groups excluding tert-OH is 1. The summed E-state index contributed by atoms with van der Waals surface area (Å²) in [5.74, 6) is -0.0884. The van der Waals surface area contributed by atoms with Crippen molar-refractivity contribution in [2.75, 3.05) is 5.73 Å². The van der Waals surface area contributed by atoms with Crippen LogP contribution in [0.3, 0.4) is 0 Å². The summed E-state index contributed by atoms with van der Waals surface area (Å²) in [6.07, 6.45) is 4.81. The maximum Gasteiger partial charge on any atom is 0.274 e. The summed E-state index contributed by atoms with van der Waals surface area (Å²) in [6.45, 7) is 0. The molecule has 25 heavy (non-hydrogen) atoms. The molecule has 0 bridgehead atoms. The van der Waals surface area contributed by atoms with Crippen molar-refractivity contribution >= 4 is 11.9 Å². The quantitative estimate of drug-likeness (QED) is 0.525. The number of nitrogens with zero attached hydrogens (tertiary/aromatic N) is 4. The number of hydrogen-bond donors (Lipinski definition) is 4. The molecule has 1 fully saturated rings. The van der Waals surface area contributed by atoms with Crippen LogP contribution in [0.15, 0.2) is 17.2 Å². The standard InChI is InChI=1S/C15H21N7O3/c1-22-7-9(6-17-22)13(8-4-10(23)5-8)18-12(24)3-2-11-14(25)19-15(16)21-20-11/h6-8,10,13,23H,2-5H2,1H3,(H,18,24)(H3,16,19,21,25)/t8?,10?,13-/m0/s1. The number of aliphatic hydroxyl groups is 1. The summed E-state index contributed by atoms with van der Waals surface area (Å²) < 4.78 is 1.67. The van der Waals surface area contributed by atoms with Crippen molar-refractivity contribution in [3.05, 3.63) is 34.0 Å². The molecule has 2 aromatic rings. The molecular formula is C15H21N7O3. The number of carbonyl (C=O) groups is 1. The lowest BCUT2D eigenvalue weighted by Crippen LogP contribution is -2.41. The van der Waals surface area contributed by atoms with Crippen LogP contribution in [0.1, 0.15) is 36.6 Å². The largest absolute Gasteiger partial charge is 0.393 e. The molecule has 1 saturated carbocycles. The van der Waals surface area contributed by atoms with Crippen LogP contribution in [-0.4, -0.2) is 42.1 Å². The van der Waals surface area contributed by atoms with Gasteiger partial charge in [-0.05, 0) is 18.8 Å². The first kappa shape index (κ1) is 17.1. The number of aromatic nitrogens is 5. The van der Waals surface area contributed by atoms with E-state index >= 15 is 0 Å². The highest BCUT2D eigenvalue weighted by molar-refractivity contribution is 5.76. The van der Waals surface area contributed by atoms with Crippen LogP contribution in [0.2, 0.25) is 0 Å². The molecule has 0 aromatic carbocycles. The molecule has 1 amide bonds. The first-order valence-electron chi connectivity index (χ1n) is 8.09. The van der Waals surface area contributed by atoms with Gasteiger partial charge in [-0.1, -0.05) is 0 Å². The maximum absolute atomic E-state index is 12.3. The second kappa shape index (κ2) is 7.01. The normalized spacial score (nSPS) is 20.7. The van der Waals surface area contributed by atoms with Crippen LogP contribution in [0.5, 0.6) is 0 Å². The number of carbonyl (C=O) groups excluding carboxylic acids is 1. The molecule has 134 valence electrons. The SMILES string of the molecule is Cn1cc([C@@H](NC(=O)CCc2nnc(N)[nH]c2=O)C2CC(O)C2)cn1.